The summed E-state index contributed by atoms with van der Waals surface area (Å²) in [4.78, 5) is 29.0. The maximum absolute atomic E-state index is 13.8. The number of carbonyl (C=O) groups excluding carboxylic acids is 2. The number of halogens is 2. The van der Waals surface area contributed by atoms with Gasteiger partial charge in [-0.05, 0) is 75.6 Å². The van der Waals surface area contributed by atoms with Crippen molar-refractivity contribution in [2.24, 2.45) is 0 Å². The van der Waals surface area contributed by atoms with E-state index in [1.165, 1.54) is 0 Å². The number of rotatable bonds is 11. The van der Waals surface area contributed by atoms with Crippen LogP contribution in [0.3, 0.4) is 0 Å². The van der Waals surface area contributed by atoms with E-state index in [1.807, 2.05) is 74.5 Å². The number of ether oxygens (including phenoxy) is 1. The topological polar surface area (TPSA) is 58.6 Å². The Morgan fingerprint density at radius 3 is 2.26 bits per heavy atom. The van der Waals surface area contributed by atoms with E-state index in [0.717, 1.165) is 27.6 Å². The van der Waals surface area contributed by atoms with Gasteiger partial charge >= 0.3 is 0 Å². The lowest BCUT2D eigenvalue weighted by atomic mass is 9.87. The average Bonchev–Trinajstić information content (AvgIpc) is 2.90. The molecule has 2 amide bonds. The Morgan fingerprint density at radius 1 is 1.00 bits per heavy atom. The maximum atomic E-state index is 13.8. The molecule has 0 saturated carbocycles. The third-order valence-electron chi connectivity index (χ3n) is 6.69. The van der Waals surface area contributed by atoms with Crippen LogP contribution in [0.2, 0.25) is 5.02 Å². The normalized spacial score (nSPS) is 12.9. The predicted molar refractivity (Wildman–Crippen MR) is 162 cm³/mol. The fourth-order valence-corrected chi connectivity index (χ4v) is 4.71. The highest BCUT2D eigenvalue weighted by Crippen LogP contribution is 2.31. The molecule has 0 aliphatic heterocycles. The number of nitrogens with zero attached hydrogens (tertiary/aromatic N) is 1. The minimum atomic E-state index is -0.722. The molecule has 3 aromatic rings. The highest BCUT2D eigenvalue weighted by molar-refractivity contribution is 9.10. The smallest absolute Gasteiger partial charge is 0.261 e. The Labute approximate surface area is 246 Å². The van der Waals surface area contributed by atoms with Crippen LogP contribution in [0.25, 0.3) is 0 Å². The predicted octanol–water partition coefficient (Wildman–Crippen LogP) is 7.33. The number of benzene rings is 3. The van der Waals surface area contributed by atoms with E-state index >= 15 is 0 Å². The molecule has 0 saturated heterocycles. The Bertz CT molecular complexity index is 1240. The van der Waals surface area contributed by atoms with Crippen LogP contribution < -0.4 is 10.1 Å². The van der Waals surface area contributed by atoms with Gasteiger partial charge in [-0.1, -0.05) is 87.8 Å². The van der Waals surface area contributed by atoms with Crippen molar-refractivity contribution < 1.29 is 14.3 Å². The Balaban J connectivity index is 1.91. The van der Waals surface area contributed by atoms with E-state index in [-0.39, 0.29) is 36.4 Å². The molecule has 0 bridgehead atoms. The molecule has 1 N–H and O–H groups in total. The fourth-order valence-electron chi connectivity index (χ4n) is 4.09. The molecule has 0 aliphatic rings. The number of hydrogen-bond acceptors (Lipinski definition) is 3. The zero-order valence-electron chi connectivity index (χ0n) is 23.3. The van der Waals surface area contributed by atoms with E-state index in [2.05, 4.69) is 42.0 Å². The van der Waals surface area contributed by atoms with Crippen molar-refractivity contribution in [1.29, 1.82) is 0 Å². The highest BCUT2D eigenvalue weighted by atomic mass is 79.9. The van der Waals surface area contributed by atoms with Crippen molar-refractivity contribution in [3.05, 3.63) is 99.0 Å². The summed E-state index contributed by atoms with van der Waals surface area (Å²) in [5.41, 5.74) is 2.98. The van der Waals surface area contributed by atoms with Crippen molar-refractivity contribution in [1.82, 2.24) is 10.2 Å². The molecule has 0 fully saturated rings. The van der Waals surface area contributed by atoms with Gasteiger partial charge in [-0.2, -0.15) is 0 Å². The van der Waals surface area contributed by atoms with Crippen molar-refractivity contribution in [3.63, 3.8) is 0 Å². The molecule has 3 aromatic carbocycles. The van der Waals surface area contributed by atoms with Crippen LogP contribution in [-0.2, 0) is 28.0 Å². The highest BCUT2D eigenvalue weighted by Gasteiger charge is 2.31. The van der Waals surface area contributed by atoms with E-state index in [4.69, 9.17) is 16.3 Å². The lowest BCUT2D eigenvalue weighted by molar-refractivity contribution is -0.143. The molecule has 0 heterocycles. The lowest BCUT2D eigenvalue weighted by Crippen LogP contribution is -2.53. The summed E-state index contributed by atoms with van der Waals surface area (Å²) in [5, 5.41) is 3.69. The van der Waals surface area contributed by atoms with Crippen LogP contribution in [0.1, 0.15) is 57.7 Å². The first-order chi connectivity index (χ1) is 18.5. The first-order valence-corrected chi connectivity index (χ1v) is 14.5. The van der Waals surface area contributed by atoms with E-state index in [9.17, 15) is 9.59 Å². The zero-order valence-corrected chi connectivity index (χ0v) is 25.7. The monoisotopic (exact) mass is 612 g/mol. The lowest BCUT2D eigenvalue weighted by Gasteiger charge is -2.32. The van der Waals surface area contributed by atoms with Gasteiger partial charge in [0, 0.05) is 24.0 Å². The van der Waals surface area contributed by atoms with Gasteiger partial charge in [0.15, 0.2) is 6.61 Å². The van der Waals surface area contributed by atoms with Gasteiger partial charge < -0.3 is 15.0 Å². The Hall–Kier alpha value is -2.83. The molecule has 2 atom stereocenters. The van der Waals surface area contributed by atoms with Crippen molar-refractivity contribution in [2.75, 3.05) is 6.61 Å². The zero-order chi connectivity index (χ0) is 28.6. The molecular weight excluding hydrogens is 576 g/mol. The first-order valence-electron chi connectivity index (χ1n) is 13.3. The third-order valence-corrected chi connectivity index (χ3v) is 7.56. The Kier molecular flexibility index (Phi) is 11.0. The minimum Gasteiger partial charge on any atom is -0.483 e. The van der Waals surface area contributed by atoms with Gasteiger partial charge in [-0.25, -0.2) is 0 Å². The second-order valence-electron chi connectivity index (χ2n) is 10.9. The molecule has 0 radical (unpaired) electrons. The molecule has 0 aliphatic carbocycles. The summed E-state index contributed by atoms with van der Waals surface area (Å²) >= 11 is 9.70. The fraction of sp³-hybridized carbons (Fsp3) is 0.375. The van der Waals surface area contributed by atoms with Gasteiger partial charge in [-0.3, -0.25) is 9.59 Å². The summed E-state index contributed by atoms with van der Waals surface area (Å²) in [6, 6.07) is 22.2. The molecular formula is C32H38BrClN2O3. The number of carbonyl (C=O) groups is 2. The minimum absolute atomic E-state index is 0.0140. The van der Waals surface area contributed by atoms with Gasteiger partial charge in [0.25, 0.3) is 5.91 Å². The first kappa shape index (κ1) is 30.7. The number of nitrogens with one attached hydrogen (secondary N) is 1. The van der Waals surface area contributed by atoms with Crippen LogP contribution in [0.5, 0.6) is 5.75 Å². The molecule has 5 nitrogen and oxygen atoms in total. The largest absolute Gasteiger partial charge is 0.483 e. The molecule has 0 spiro atoms. The van der Waals surface area contributed by atoms with Crippen molar-refractivity contribution in [3.8, 4) is 5.75 Å². The maximum Gasteiger partial charge on any atom is 0.261 e. The molecule has 39 heavy (non-hydrogen) atoms. The van der Waals surface area contributed by atoms with Gasteiger partial charge in [-0.15, -0.1) is 0 Å². The quantitative estimate of drug-likeness (QED) is 0.246. The second kappa shape index (κ2) is 14.0. The SMILES string of the molecule is CCC(C)NC(=O)C(Cc1ccccc1)N(Cc1ccc(Cl)cc1)C(=O)COc1ccc(C(C)(C)C)cc1Br. The molecule has 0 aromatic heterocycles. The van der Waals surface area contributed by atoms with Crippen LogP contribution in [0.15, 0.2) is 77.3 Å². The second-order valence-corrected chi connectivity index (χ2v) is 12.1. The molecule has 208 valence electrons. The third kappa shape index (κ3) is 9.11. The van der Waals surface area contributed by atoms with E-state index in [0.29, 0.717) is 17.2 Å². The Morgan fingerprint density at radius 2 is 1.67 bits per heavy atom. The van der Waals surface area contributed by atoms with Crippen LogP contribution in [0, 0.1) is 0 Å². The van der Waals surface area contributed by atoms with Crippen LogP contribution in [-0.4, -0.2) is 35.4 Å². The van der Waals surface area contributed by atoms with E-state index in [1.54, 1.807) is 17.0 Å². The summed E-state index contributed by atoms with van der Waals surface area (Å²) in [6.45, 7) is 10.5. The number of hydrogen-bond donors (Lipinski definition) is 1. The molecule has 3 rings (SSSR count). The summed E-state index contributed by atoms with van der Waals surface area (Å²) in [5.74, 6) is 0.106. The van der Waals surface area contributed by atoms with Crippen molar-refractivity contribution >= 4 is 39.3 Å². The van der Waals surface area contributed by atoms with Crippen LogP contribution >= 0.6 is 27.5 Å². The van der Waals surface area contributed by atoms with E-state index < -0.39 is 6.04 Å². The van der Waals surface area contributed by atoms with Gasteiger partial charge in [0.2, 0.25) is 5.91 Å². The van der Waals surface area contributed by atoms with Gasteiger partial charge in [0.1, 0.15) is 11.8 Å². The average molecular weight is 614 g/mol. The summed E-state index contributed by atoms with van der Waals surface area (Å²) < 4.78 is 6.78. The number of amides is 2. The standard InChI is InChI=1S/C32H38BrClN2O3/c1-6-22(2)35-31(38)28(18-23-10-8-7-9-11-23)36(20-24-12-15-26(34)16-13-24)30(37)21-39-29-17-14-25(19-27(29)33)32(3,4)5/h7-17,19,22,28H,6,18,20-21H2,1-5H3,(H,35,38). The summed E-state index contributed by atoms with van der Waals surface area (Å²) in [6.07, 6.45) is 1.17. The summed E-state index contributed by atoms with van der Waals surface area (Å²) in [7, 11) is 0. The van der Waals surface area contributed by atoms with Gasteiger partial charge in [0.05, 0.1) is 4.47 Å². The van der Waals surface area contributed by atoms with Crippen molar-refractivity contribution in [2.45, 2.75) is 71.5 Å². The molecule has 2 unspecified atom stereocenters. The molecule has 7 heteroatoms. The van der Waals surface area contributed by atoms with Crippen LogP contribution in [0.4, 0.5) is 0 Å².